The zero-order chi connectivity index (χ0) is 22.1. The fourth-order valence-electron chi connectivity index (χ4n) is 2.31. The SMILES string of the molecule is CCOC(=O)CCCOc1cc(CS(C)(=O)=NC(=O)OC(C)(C)C)cc(N[O-])c1.O. The predicted molar refractivity (Wildman–Crippen MR) is 115 cm³/mol. The number of rotatable bonds is 9. The van der Waals surface area contributed by atoms with Gasteiger partial charge in [-0.05, 0) is 51.8 Å². The fourth-order valence-corrected chi connectivity index (χ4v) is 3.51. The summed E-state index contributed by atoms with van der Waals surface area (Å²) in [5.41, 5.74) is 1.75. The van der Waals surface area contributed by atoms with E-state index in [9.17, 15) is 19.0 Å². The molecule has 0 aromatic heterocycles. The van der Waals surface area contributed by atoms with Gasteiger partial charge in [-0.2, -0.15) is 0 Å². The van der Waals surface area contributed by atoms with E-state index in [-0.39, 0.29) is 35.9 Å². The third-order valence-corrected chi connectivity index (χ3v) is 4.68. The number of anilines is 1. The monoisotopic (exact) mass is 447 g/mol. The van der Waals surface area contributed by atoms with E-state index in [1.54, 1.807) is 39.2 Å². The van der Waals surface area contributed by atoms with Gasteiger partial charge in [0.15, 0.2) is 0 Å². The summed E-state index contributed by atoms with van der Waals surface area (Å²) in [5.74, 6) is -0.000524. The van der Waals surface area contributed by atoms with E-state index in [0.29, 0.717) is 24.3 Å². The van der Waals surface area contributed by atoms with Gasteiger partial charge in [0.1, 0.15) is 11.4 Å². The molecule has 1 unspecified atom stereocenters. The van der Waals surface area contributed by atoms with E-state index in [1.165, 1.54) is 18.4 Å². The van der Waals surface area contributed by atoms with Gasteiger partial charge >= 0.3 is 12.1 Å². The smallest absolute Gasteiger partial charge is 0.442 e. The highest BCUT2D eigenvalue weighted by molar-refractivity contribution is 7.92. The molecule has 10 nitrogen and oxygen atoms in total. The molecule has 0 spiro atoms. The highest BCUT2D eigenvalue weighted by Crippen LogP contribution is 2.23. The standard InChI is InChI=1S/C19H29N2O7S.H2O/c1-6-26-17(22)8-7-9-27-16-11-14(10-15(12-16)20-24)13-29(5,25)21-18(23)28-19(2,3)4;/h10-12,20H,6-9,13H2,1-5H3;1H2/q-1;. The van der Waals surface area contributed by atoms with E-state index in [4.69, 9.17) is 14.2 Å². The van der Waals surface area contributed by atoms with Crippen LogP contribution in [0.5, 0.6) is 5.75 Å². The highest BCUT2D eigenvalue weighted by Gasteiger charge is 2.18. The Balaban J connectivity index is 0.00000841. The van der Waals surface area contributed by atoms with Gasteiger partial charge in [0.2, 0.25) is 0 Å². The van der Waals surface area contributed by atoms with E-state index in [2.05, 4.69) is 4.36 Å². The van der Waals surface area contributed by atoms with Gasteiger partial charge in [0, 0.05) is 24.4 Å². The number of ether oxygens (including phenoxy) is 3. The molecular formula is C19H31N2O8S-. The van der Waals surface area contributed by atoms with Crippen molar-refractivity contribution in [3.05, 3.63) is 29.0 Å². The van der Waals surface area contributed by atoms with Crippen molar-refractivity contribution in [1.82, 2.24) is 0 Å². The lowest BCUT2D eigenvalue weighted by Crippen LogP contribution is -2.22. The van der Waals surface area contributed by atoms with Crippen LogP contribution in [0.2, 0.25) is 0 Å². The number of benzene rings is 1. The molecule has 0 aliphatic heterocycles. The van der Waals surface area contributed by atoms with Crippen LogP contribution < -0.4 is 10.2 Å². The molecule has 0 bridgehead atoms. The molecule has 1 amide bonds. The summed E-state index contributed by atoms with van der Waals surface area (Å²) in [6.45, 7) is 7.36. The van der Waals surface area contributed by atoms with Crippen LogP contribution in [0, 0.1) is 5.21 Å². The minimum absolute atomic E-state index is 0. The Labute approximate surface area is 177 Å². The normalized spacial score (nSPS) is 12.7. The molecule has 3 N–H and O–H groups in total. The molecule has 0 aliphatic carbocycles. The van der Waals surface area contributed by atoms with Gasteiger partial charge in [-0.25, -0.2) is 9.00 Å². The summed E-state index contributed by atoms with van der Waals surface area (Å²) in [7, 11) is -2.94. The maximum atomic E-state index is 12.7. The number of nitrogens with zero attached hydrogens (tertiary/aromatic N) is 1. The van der Waals surface area contributed by atoms with Crippen molar-refractivity contribution in [1.29, 1.82) is 0 Å². The molecule has 0 fully saturated rings. The van der Waals surface area contributed by atoms with Crippen LogP contribution in [-0.4, -0.2) is 46.8 Å². The van der Waals surface area contributed by atoms with Crippen molar-refractivity contribution >= 4 is 27.5 Å². The molecule has 1 aromatic rings. The number of hydrogen-bond acceptors (Lipinski definition) is 8. The Kier molecular flexibility index (Phi) is 11.4. The Bertz CT molecular complexity index is 826. The summed E-state index contributed by atoms with van der Waals surface area (Å²) < 4.78 is 31.9. The third kappa shape index (κ3) is 11.6. The van der Waals surface area contributed by atoms with Crippen LogP contribution in [0.25, 0.3) is 0 Å². The quantitative estimate of drug-likeness (QED) is 0.343. The van der Waals surface area contributed by atoms with Crippen molar-refractivity contribution in [3.8, 4) is 5.75 Å². The number of amides is 1. The summed E-state index contributed by atoms with van der Waals surface area (Å²) in [5, 5.41) is 11.1. The first kappa shape index (κ1) is 27.6. The van der Waals surface area contributed by atoms with E-state index in [1.807, 2.05) is 0 Å². The van der Waals surface area contributed by atoms with Gasteiger partial charge in [-0.1, -0.05) is 0 Å². The van der Waals surface area contributed by atoms with Crippen molar-refractivity contribution < 1.29 is 33.5 Å². The summed E-state index contributed by atoms with van der Waals surface area (Å²) in [6.07, 6.45) is 1.10. The van der Waals surface area contributed by atoms with Crippen molar-refractivity contribution in [2.45, 2.75) is 51.9 Å². The Morgan fingerprint density at radius 1 is 1.23 bits per heavy atom. The van der Waals surface area contributed by atoms with Crippen molar-refractivity contribution in [2.75, 3.05) is 24.9 Å². The predicted octanol–water partition coefficient (Wildman–Crippen LogP) is 3.03. The minimum atomic E-state index is -2.94. The summed E-state index contributed by atoms with van der Waals surface area (Å²) in [6, 6.07) is 4.61. The van der Waals surface area contributed by atoms with Gasteiger partial charge < -0.3 is 30.4 Å². The Morgan fingerprint density at radius 3 is 2.47 bits per heavy atom. The average Bonchev–Trinajstić information content (AvgIpc) is 2.55. The number of hydrogen-bond donors (Lipinski definition) is 1. The molecule has 0 radical (unpaired) electrons. The van der Waals surface area contributed by atoms with Crippen LogP contribution in [0.3, 0.4) is 0 Å². The molecule has 0 aliphatic rings. The molecule has 0 saturated carbocycles. The molecular weight excluding hydrogens is 416 g/mol. The number of carbonyl (C=O) groups excluding carboxylic acids is 2. The summed E-state index contributed by atoms with van der Waals surface area (Å²) in [4.78, 5) is 23.2. The van der Waals surface area contributed by atoms with E-state index < -0.39 is 21.4 Å². The van der Waals surface area contributed by atoms with E-state index >= 15 is 0 Å². The lowest BCUT2D eigenvalue weighted by molar-refractivity contribution is -0.143. The molecule has 0 heterocycles. The molecule has 172 valence electrons. The maximum Gasteiger partial charge on any atom is 0.442 e. The largest absolute Gasteiger partial charge is 0.761 e. The Morgan fingerprint density at radius 2 is 1.90 bits per heavy atom. The number of nitrogens with one attached hydrogen (secondary N) is 1. The fraction of sp³-hybridized carbons (Fsp3) is 0.579. The van der Waals surface area contributed by atoms with Gasteiger partial charge in [0.05, 0.1) is 28.7 Å². The highest BCUT2D eigenvalue weighted by atomic mass is 32.2. The molecule has 11 heteroatoms. The van der Waals surface area contributed by atoms with Crippen LogP contribution in [0.4, 0.5) is 10.5 Å². The second kappa shape index (κ2) is 12.4. The molecule has 0 saturated heterocycles. The van der Waals surface area contributed by atoms with Gasteiger partial charge in [-0.3, -0.25) is 4.79 Å². The molecule has 1 aromatic carbocycles. The zero-order valence-electron chi connectivity index (χ0n) is 18.0. The van der Waals surface area contributed by atoms with Gasteiger partial charge in [0.25, 0.3) is 0 Å². The topological polar surface area (TPSA) is 158 Å². The lowest BCUT2D eigenvalue weighted by atomic mass is 10.2. The Hall–Kier alpha value is -2.37. The number of carbonyl (C=O) groups is 2. The first-order valence-electron chi connectivity index (χ1n) is 9.17. The first-order valence-corrected chi connectivity index (χ1v) is 11.3. The van der Waals surface area contributed by atoms with Crippen molar-refractivity contribution in [2.24, 2.45) is 4.36 Å². The van der Waals surface area contributed by atoms with Crippen LogP contribution in [0.15, 0.2) is 22.6 Å². The first-order chi connectivity index (χ1) is 13.4. The number of esters is 1. The van der Waals surface area contributed by atoms with Crippen molar-refractivity contribution in [3.63, 3.8) is 0 Å². The molecule has 1 atom stereocenters. The second-order valence-electron chi connectivity index (χ2n) is 7.40. The second-order valence-corrected chi connectivity index (χ2v) is 9.79. The summed E-state index contributed by atoms with van der Waals surface area (Å²) >= 11 is 0. The average molecular weight is 448 g/mol. The molecule has 1 rings (SSSR count). The van der Waals surface area contributed by atoms with Crippen LogP contribution >= 0.6 is 0 Å². The van der Waals surface area contributed by atoms with Gasteiger partial charge in [-0.15, -0.1) is 4.36 Å². The van der Waals surface area contributed by atoms with Crippen LogP contribution in [0.1, 0.15) is 46.1 Å². The zero-order valence-corrected chi connectivity index (χ0v) is 18.8. The maximum absolute atomic E-state index is 12.7. The minimum Gasteiger partial charge on any atom is -0.761 e. The van der Waals surface area contributed by atoms with E-state index in [0.717, 1.165) is 0 Å². The molecule has 30 heavy (non-hydrogen) atoms. The lowest BCUT2D eigenvalue weighted by Gasteiger charge is -2.18. The third-order valence-electron chi connectivity index (χ3n) is 3.28. The van der Waals surface area contributed by atoms with Crippen LogP contribution in [-0.2, 0) is 29.8 Å².